The van der Waals surface area contributed by atoms with Gasteiger partial charge in [0.2, 0.25) is 0 Å². The first-order valence-electron chi connectivity index (χ1n) is 7.95. The van der Waals surface area contributed by atoms with Gasteiger partial charge in [-0.15, -0.1) is 11.3 Å². The molecule has 6 heteroatoms. The van der Waals surface area contributed by atoms with Crippen LogP contribution in [0.2, 0.25) is 0 Å². The molecule has 0 saturated heterocycles. The molecular formula is C19H20N2O2S2. The Balaban J connectivity index is 1.80. The number of hydrogen-bond acceptors (Lipinski definition) is 4. The van der Waals surface area contributed by atoms with Crippen LogP contribution in [0.3, 0.4) is 0 Å². The third-order valence-electron chi connectivity index (χ3n) is 3.91. The van der Waals surface area contributed by atoms with Crippen LogP contribution < -0.4 is 10.1 Å². The Morgan fingerprint density at radius 3 is 2.84 bits per heavy atom. The molecule has 3 rings (SSSR count). The number of thiophene rings is 1. The second-order valence-electron chi connectivity index (χ2n) is 5.56. The van der Waals surface area contributed by atoms with Gasteiger partial charge in [0.25, 0.3) is 0 Å². The maximum Gasteiger partial charge on any atom is 0.174 e. The topological polar surface area (TPSA) is 37.6 Å². The Morgan fingerprint density at radius 2 is 2.16 bits per heavy atom. The van der Waals surface area contributed by atoms with Gasteiger partial charge in [-0.3, -0.25) is 0 Å². The number of thiocarbonyl (C=S) groups is 1. The maximum atomic E-state index is 5.70. The summed E-state index contributed by atoms with van der Waals surface area (Å²) in [6.45, 7) is 2.75. The van der Waals surface area contributed by atoms with E-state index in [0.29, 0.717) is 11.7 Å². The van der Waals surface area contributed by atoms with Gasteiger partial charge in [0.05, 0.1) is 26.0 Å². The van der Waals surface area contributed by atoms with Crippen LogP contribution in [0.5, 0.6) is 5.75 Å². The zero-order valence-electron chi connectivity index (χ0n) is 14.1. The van der Waals surface area contributed by atoms with Crippen molar-refractivity contribution in [1.82, 2.24) is 4.90 Å². The van der Waals surface area contributed by atoms with Gasteiger partial charge in [0.15, 0.2) is 5.11 Å². The Hall–Kier alpha value is -2.31. The van der Waals surface area contributed by atoms with E-state index < -0.39 is 0 Å². The number of anilines is 1. The number of nitrogens with zero attached hydrogens (tertiary/aromatic N) is 1. The van der Waals surface area contributed by atoms with E-state index in [2.05, 4.69) is 34.7 Å². The molecule has 0 fully saturated rings. The van der Waals surface area contributed by atoms with Crippen molar-refractivity contribution in [3.8, 4) is 5.75 Å². The first kappa shape index (κ1) is 17.5. The molecule has 2 aromatic heterocycles. The molecule has 0 spiro atoms. The van der Waals surface area contributed by atoms with E-state index >= 15 is 0 Å². The van der Waals surface area contributed by atoms with Crippen LogP contribution >= 0.6 is 23.6 Å². The fraction of sp³-hybridized carbons (Fsp3) is 0.211. The fourth-order valence-electron chi connectivity index (χ4n) is 2.53. The van der Waals surface area contributed by atoms with Gasteiger partial charge < -0.3 is 19.4 Å². The highest BCUT2D eigenvalue weighted by Crippen LogP contribution is 2.27. The minimum Gasteiger partial charge on any atom is -0.497 e. The largest absolute Gasteiger partial charge is 0.497 e. The third-order valence-corrected chi connectivity index (χ3v) is 5.29. The summed E-state index contributed by atoms with van der Waals surface area (Å²) in [5.41, 5.74) is 0.896. The summed E-state index contributed by atoms with van der Waals surface area (Å²) in [5.74, 6) is 1.66. The lowest BCUT2D eigenvalue weighted by Gasteiger charge is -2.30. The highest BCUT2D eigenvalue weighted by Gasteiger charge is 2.21. The Kier molecular flexibility index (Phi) is 5.73. The van der Waals surface area contributed by atoms with Gasteiger partial charge in [-0.25, -0.2) is 0 Å². The molecule has 25 heavy (non-hydrogen) atoms. The van der Waals surface area contributed by atoms with Crippen LogP contribution in [0.25, 0.3) is 0 Å². The van der Waals surface area contributed by atoms with E-state index in [1.807, 2.05) is 36.4 Å². The van der Waals surface area contributed by atoms with Crippen LogP contribution in [0.15, 0.2) is 64.6 Å². The lowest BCUT2D eigenvalue weighted by atomic mass is 10.2. The van der Waals surface area contributed by atoms with Crippen molar-refractivity contribution in [2.75, 3.05) is 12.4 Å². The molecule has 0 aliphatic heterocycles. The zero-order valence-corrected chi connectivity index (χ0v) is 15.8. The number of nitrogens with one attached hydrogen (secondary N) is 1. The normalized spacial score (nSPS) is 11.8. The van der Waals surface area contributed by atoms with Crippen molar-refractivity contribution in [3.05, 3.63) is 70.8 Å². The molecule has 2 heterocycles. The molecule has 1 atom stereocenters. The average molecular weight is 373 g/mol. The summed E-state index contributed by atoms with van der Waals surface area (Å²) in [7, 11) is 1.65. The quantitative estimate of drug-likeness (QED) is 0.594. The highest BCUT2D eigenvalue weighted by molar-refractivity contribution is 7.80. The molecule has 0 unspecified atom stereocenters. The minimum absolute atomic E-state index is 0.135. The summed E-state index contributed by atoms with van der Waals surface area (Å²) in [5, 5.41) is 6.04. The highest BCUT2D eigenvalue weighted by atomic mass is 32.1. The van der Waals surface area contributed by atoms with Gasteiger partial charge in [0, 0.05) is 16.6 Å². The number of hydrogen-bond donors (Lipinski definition) is 1. The average Bonchev–Trinajstić information content (AvgIpc) is 3.33. The number of benzene rings is 1. The maximum absolute atomic E-state index is 5.70. The van der Waals surface area contributed by atoms with Gasteiger partial charge in [0.1, 0.15) is 11.5 Å². The standard InChI is InChI=1S/C19H20N2O2S2/c1-14(18-9-5-11-25-18)21(13-17-8-4-10-23-17)19(24)20-15-6-3-7-16(12-15)22-2/h3-12,14H,13H2,1-2H3,(H,20,24)/t14-/m0/s1. The van der Waals surface area contributed by atoms with Crippen molar-refractivity contribution in [3.63, 3.8) is 0 Å². The number of rotatable bonds is 6. The third kappa shape index (κ3) is 4.41. The van der Waals surface area contributed by atoms with Crippen LogP contribution in [0.1, 0.15) is 23.6 Å². The molecule has 0 aliphatic carbocycles. The second-order valence-corrected chi connectivity index (χ2v) is 6.93. The molecule has 0 radical (unpaired) electrons. The summed E-state index contributed by atoms with van der Waals surface area (Å²) in [4.78, 5) is 3.38. The Labute approximate surface area is 157 Å². The van der Waals surface area contributed by atoms with Gasteiger partial charge in [-0.2, -0.15) is 0 Å². The van der Waals surface area contributed by atoms with E-state index in [9.17, 15) is 0 Å². The summed E-state index contributed by atoms with van der Waals surface area (Å²) >= 11 is 7.42. The van der Waals surface area contributed by atoms with Crippen molar-refractivity contribution in [2.45, 2.75) is 19.5 Å². The predicted octanol–water partition coefficient (Wildman–Crippen LogP) is 5.31. The number of ether oxygens (including phenoxy) is 1. The van der Waals surface area contributed by atoms with Gasteiger partial charge in [-0.05, 0) is 54.9 Å². The Morgan fingerprint density at radius 1 is 1.28 bits per heavy atom. The van der Waals surface area contributed by atoms with Crippen LogP contribution in [-0.4, -0.2) is 17.1 Å². The number of furan rings is 1. The lowest BCUT2D eigenvalue weighted by Crippen LogP contribution is -2.36. The number of methoxy groups -OCH3 is 1. The van der Waals surface area contributed by atoms with Crippen molar-refractivity contribution < 1.29 is 9.15 Å². The van der Waals surface area contributed by atoms with Crippen molar-refractivity contribution in [1.29, 1.82) is 0 Å². The molecule has 1 N–H and O–H groups in total. The van der Waals surface area contributed by atoms with Gasteiger partial charge in [-0.1, -0.05) is 12.1 Å². The van der Waals surface area contributed by atoms with E-state index in [-0.39, 0.29) is 6.04 Å². The fourth-order valence-corrected chi connectivity index (χ4v) is 3.67. The molecule has 0 aliphatic rings. The SMILES string of the molecule is COc1cccc(NC(=S)N(Cc2ccco2)[C@@H](C)c2cccs2)c1. The predicted molar refractivity (Wildman–Crippen MR) is 106 cm³/mol. The van der Waals surface area contributed by atoms with E-state index in [4.69, 9.17) is 21.4 Å². The Bertz CT molecular complexity index is 801. The van der Waals surface area contributed by atoms with Crippen LogP contribution in [-0.2, 0) is 6.54 Å². The monoisotopic (exact) mass is 372 g/mol. The molecule has 4 nitrogen and oxygen atoms in total. The molecule has 0 bridgehead atoms. The van der Waals surface area contributed by atoms with E-state index in [1.165, 1.54) is 4.88 Å². The van der Waals surface area contributed by atoms with Crippen LogP contribution in [0.4, 0.5) is 5.69 Å². The van der Waals surface area contributed by atoms with Gasteiger partial charge >= 0.3 is 0 Å². The molecule has 1 aromatic carbocycles. The second kappa shape index (κ2) is 8.18. The van der Waals surface area contributed by atoms with Crippen LogP contribution in [0, 0.1) is 0 Å². The molecule has 0 amide bonds. The summed E-state index contributed by atoms with van der Waals surface area (Å²) < 4.78 is 10.8. The summed E-state index contributed by atoms with van der Waals surface area (Å²) in [6, 6.07) is 15.9. The summed E-state index contributed by atoms with van der Waals surface area (Å²) in [6.07, 6.45) is 1.68. The molecule has 3 aromatic rings. The molecule has 130 valence electrons. The first-order valence-corrected chi connectivity index (χ1v) is 9.23. The van der Waals surface area contributed by atoms with Crippen molar-refractivity contribution in [2.24, 2.45) is 0 Å². The molecule has 0 saturated carbocycles. The van der Waals surface area contributed by atoms with Crippen molar-refractivity contribution >= 4 is 34.4 Å². The smallest absolute Gasteiger partial charge is 0.174 e. The zero-order chi connectivity index (χ0) is 17.6. The lowest BCUT2D eigenvalue weighted by molar-refractivity contribution is 0.306. The van der Waals surface area contributed by atoms with E-state index in [0.717, 1.165) is 17.2 Å². The molecular weight excluding hydrogens is 352 g/mol. The van der Waals surface area contributed by atoms with E-state index in [1.54, 1.807) is 24.7 Å². The minimum atomic E-state index is 0.135. The first-order chi connectivity index (χ1) is 12.2.